The number of thiazole rings is 1. The molecule has 0 unspecified atom stereocenters. The van der Waals surface area contributed by atoms with Crippen molar-refractivity contribution in [2.45, 2.75) is 26.9 Å². The Labute approximate surface area is 195 Å². The predicted molar refractivity (Wildman–Crippen MR) is 124 cm³/mol. The Bertz CT molecular complexity index is 1270. The van der Waals surface area contributed by atoms with Gasteiger partial charge in [-0.1, -0.05) is 30.3 Å². The highest BCUT2D eigenvalue weighted by Crippen LogP contribution is 2.23. The zero-order valence-corrected chi connectivity index (χ0v) is 19.4. The van der Waals surface area contributed by atoms with Crippen molar-refractivity contribution in [3.8, 4) is 10.6 Å². The van der Waals surface area contributed by atoms with Gasteiger partial charge in [0.2, 0.25) is 0 Å². The Balaban J connectivity index is 1.29. The monoisotopic (exact) mass is 464 g/mol. The summed E-state index contributed by atoms with van der Waals surface area (Å²) in [6, 6.07) is 10.1. The molecule has 9 nitrogen and oxygen atoms in total. The molecule has 3 heterocycles. The summed E-state index contributed by atoms with van der Waals surface area (Å²) in [6.45, 7) is 4.48. The number of nitrogens with zero attached hydrogens (tertiary/aromatic N) is 5. The largest absolute Gasteiger partial charge is 0.451 e. The van der Waals surface area contributed by atoms with E-state index in [1.807, 2.05) is 62.1 Å². The first kappa shape index (κ1) is 22.4. The Hall–Kier alpha value is -3.79. The molecule has 0 aliphatic heterocycles. The number of amides is 1. The lowest BCUT2D eigenvalue weighted by atomic mass is 10.2. The average molecular weight is 465 g/mol. The molecule has 1 aromatic carbocycles. The van der Waals surface area contributed by atoms with Crippen molar-refractivity contribution in [2.24, 2.45) is 7.05 Å². The maximum atomic E-state index is 12.3. The highest BCUT2D eigenvalue weighted by atomic mass is 32.1. The highest BCUT2D eigenvalue weighted by molar-refractivity contribution is 7.13. The molecule has 0 aliphatic carbocycles. The van der Waals surface area contributed by atoms with Gasteiger partial charge in [0.1, 0.15) is 5.01 Å². The van der Waals surface area contributed by atoms with E-state index in [0.29, 0.717) is 18.1 Å². The van der Waals surface area contributed by atoms with Gasteiger partial charge in [-0.05, 0) is 19.4 Å². The van der Waals surface area contributed by atoms with E-state index >= 15 is 0 Å². The lowest BCUT2D eigenvalue weighted by molar-refractivity contribution is -0.124. The summed E-state index contributed by atoms with van der Waals surface area (Å²) in [4.78, 5) is 28.8. The lowest BCUT2D eigenvalue weighted by Gasteiger charge is -2.08. The second-order valence-electron chi connectivity index (χ2n) is 7.59. The molecule has 4 aromatic rings. The molecule has 3 aromatic heterocycles. The molecule has 0 radical (unpaired) electrons. The summed E-state index contributed by atoms with van der Waals surface area (Å²) in [7, 11) is 1.81. The van der Waals surface area contributed by atoms with E-state index < -0.39 is 5.97 Å². The number of hydrogen-bond acceptors (Lipinski definition) is 7. The van der Waals surface area contributed by atoms with Gasteiger partial charge in [-0.15, -0.1) is 11.3 Å². The lowest BCUT2D eigenvalue weighted by Crippen LogP contribution is -2.28. The topological polar surface area (TPSA) is 104 Å². The Morgan fingerprint density at radius 3 is 2.70 bits per heavy atom. The molecular weight excluding hydrogens is 440 g/mol. The number of aromatic nitrogens is 5. The van der Waals surface area contributed by atoms with E-state index in [9.17, 15) is 9.59 Å². The number of aryl methyl sites for hydroxylation is 2. The van der Waals surface area contributed by atoms with E-state index in [1.165, 1.54) is 11.3 Å². The summed E-state index contributed by atoms with van der Waals surface area (Å²) < 4.78 is 8.71. The average Bonchev–Trinajstić information content (AvgIpc) is 3.52. The molecule has 0 saturated carbocycles. The number of carbonyl (C=O) groups excluding carboxylic acids is 2. The van der Waals surface area contributed by atoms with Gasteiger partial charge >= 0.3 is 5.97 Å². The van der Waals surface area contributed by atoms with Crippen molar-refractivity contribution < 1.29 is 14.3 Å². The van der Waals surface area contributed by atoms with Crippen LogP contribution in [0.4, 0.5) is 0 Å². The first-order valence-corrected chi connectivity index (χ1v) is 11.2. The summed E-state index contributed by atoms with van der Waals surface area (Å²) in [5.41, 5.74) is 4.93. The fraction of sp³-hybridized carbons (Fsp3) is 0.261. The Kier molecular flexibility index (Phi) is 6.64. The van der Waals surface area contributed by atoms with Crippen LogP contribution in [-0.4, -0.2) is 43.0 Å². The molecule has 1 amide bonds. The van der Waals surface area contributed by atoms with Crippen LogP contribution in [0.15, 0.2) is 48.1 Å². The maximum absolute atomic E-state index is 12.3. The smallest absolute Gasteiger partial charge is 0.358 e. The van der Waals surface area contributed by atoms with E-state index in [0.717, 1.165) is 28.1 Å². The van der Waals surface area contributed by atoms with E-state index in [4.69, 9.17) is 4.74 Å². The van der Waals surface area contributed by atoms with Crippen LogP contribution >= 0.6 is 11.3 Å². The van der Waals surface area contributed by atoms with Gasteiger partial charge in [-0.3, -0.25) is 14.2 Å². The summed E-state index contributed by atoms with van der Waals surface area (Å²) in [5.74, 6) is -1.03. The molecular formula is C23H24N6O3S. The molecule has 0 spiro atoms. The number of esters is 1. The number of benzene rings is 1. The third-order valence-corrected chi connectivity index (χ3v) is 6.06. The molecule has 0 bridgehead atoms. The van der Waals surface area contributed by atoms with Crippen molar-refractivity contribution in [1.82, 2.24) is 29.9 Å². The second kappa shape index (κ2) is 9.78. The minimum absolute atomic E-state index is 0.167. The van der Waals surface area contributed by atoms with Crippen LogP contribution in [-0.2, 0) is 29.7 Å². The molecule has 4 rings (SSSR count). The minimum Gasteiger partial charge on any atom is -0.451 e. The van der Waals surface area contributed by atoms with Crippen LogP contribution in [0, 0.1) is 13.8 Å². The van der Waals surface area contributed by atoms with Crippen molar-refractivity contribution in [3.05, 3.63) is 76.3 Å². The number of ether oxygens (including phenoxy) is 1. The number of hydrogen-bond donors (Lipinski definition) is 1. The molecule has 0 fully saturated rings. The fourth-order valence-corrected chi connectivity index (χ4v) is 4.14. The summed E-state index contributed by atoms with van der Waals surface area (Å²) in [5, 5.41) is 13.8. The summed E-state index contributed by atoms with van der Waals surface area (Å²) in [6.07, 6.45) is 3.49. The minimum atomic E-state index is -0.639. The molecule has 0 saturated heterocycles. The van der Waals surface area contributed by atoms with Gasteiger partial charge in [0.05, 0.1) is 18.4 Å². The normalized spacial score (nSPS) is 10.9. The van der Waals surface area contributed by atoms with Gasteiger partial charge in [0.25, 0.3) is 5.91 Å². The zero-order chi connectivity index (χ0) is 23.4. The first-order valence-electron chi connectivity index (χ1n) is 10.4. The SMILES string of the molecule is Cc1nn(Cc2ccccc2)c(C)c1CNC(=O)COC(=O)c1csc(-c2cnn(C)c2)n1. The Morgan fingerprint density at radius 2 is 1.97 bits per heavy atom. The van der Waals surface area contributed by atoms with Gasteiger partial charge in [-0.2, -0.15) is 10.2 Å². The molecule has 10 heteroatoms. The van der Waals surface area contributed by atoms with Gasteiger partial charge in [-0.25, -0.2) is 9.78 Å². The second-order valence-corrected chi connectivity index (χ2v) is 8.44. The first-order chi connectivity index (χ1) is 15.9. The van der Waals surface area contributed by atoms with Gasteiger partial charge in [0.15, 0.2) is 12.3 Å². The van der Waals surface area contributed by atoms with Crippen molar-refractivity contribution in [1.29, 1.82) is 0 Å². The number of rotatable bonds is 8. The van der Waals surface area contributed by atoms with Crippen LogP contribution < -0.4 is 5.32 Å². The standard InChI is InChI=1S/C23H24N6O3S/c1-15-19(16(2)29(27-15)11-17-7-5-4-6-8-17)10-24-21(30)13-32-23(31)20-14-33-22(26-20)18-9-25-28(3)12-18/h4-9,12,14H,10-11,13H2,1-3H3,(H,24,30). The predicted octanol–water partition coefficient (Wildman–Crippen LogP) is 2.88. The third kappa shape index (κ3) is 5.35. The Morgan fingerprint density at radius 1 is 1.18 bits per heavy atom. The van der Waals surface area contributed by atoms with Gasteiger partial charge in [0, 0.05) is 42.0 Å². The van der Waals surface area contributed by atoms with E-state index in [-0.39, 0.29) is 18.2 Å². The summed E-state index contributed by atoms with van der Waals surface area (Å²) >= 11 is 1.32. The molecule has 0 aliphatic rings. The highest BCUT2D eigenvalue weighted by Gasteiger charge is 2.17. The van der Waals surface area contributed by atoms with Crippen LogP contribution in [0.3, 0.4) is 0 Å². The maximum Gasteiger partial charge on any atom is 0.358 e. The quantitative estimate of drug-likeness (QED) is 0.402. The van der Waals surface area contributed by atoms with E-state index in [1.54, 1.807) is 16.3 Å². The third-order valence-electron chi connectivity index (χ3n) is 5.17. The molecule has 1 N–H and O–H groups in total. The molecule has 0 atom stereocenters. The van der Waals surface area contributed by atoms with Crippen LogP contribution in [0.1, 0.15) is 33.0 Å². The number of carbonyl (C=O) groups is 2. The van der Waals surface area contributed by atoms with Gasteiger partial charge < -0.3 is 10.1 Å². The van der Waals surface area contributed by atoms with Crippen LogP contribution in [0.5, 0.6) is 0 Å². The van der Waals surface area contributed by atoms with Crippen molar-refractivity contribution in [2.75, 3.05) is 6.61 Å². The van der Waals surface area contributed by atoms with Crippen molar-refractivity contribution >= 4 is 23.2 Å². The fourth-order valence-electron chi connectivity index (χ4n) is 3.37. The van der Waals surface area contributed by atoms with Crippen molar-refractivity contribution in [3.63, 3.8) is 0 Å². The van der Waals surface area contributed by atoms with E-state index in [2.05, 4.69) is 20.5 Å². The molecule has 33 heavy (non-hydrogen) atoms. The number of nitrogens with one attached hydrogen (secondary N) is 1. The zero-order valence-electron chi connectivity index (χ0n) is 18.6. The van der Waals surface area contributed by atoms with Crippen LogP contribution in [0.2, 0.25) is 0 Å². The molecule has 170 valence electrons. The van der Waals surface area contributed by atoms with Crippen LogP contribution in [0.25, 0.3) is 10.6 Å².